The molecule has 0 atom stereocenters. The van der Waals surface area contributed by atoms with Crippen LogP contribution in [-0.4, -0.2) is 24.3 Å². The monoisotopic (exact) mass is 420 g/mol. The molecule has 3 aromatic rings. The van der Waals surface area contributed by atoms with Gasteiger partial charge in [-0.2, -0.15) is 0 Å². The Labute approximate surface area is 176 Å². The Kier molecular flexibility index (Phi) is 4.43. The molecule has 1 amide bonds. The van der Waals surface area contributed by atoms with Crippen LogP contribution >= 0.6 is 11.3 Å². The molecule has 2 aromatic carbocycles. The van der Waals surface area contributed by atoms with Crippen LogP contribution in [0, 0.1) is 0 Å². The van der Waals surface area contributed by atoms with Crippen molar-refractivity contribution in [1.29, 1.82) is 0 Å². The number of ether oxygens (including phenoxy) is 1. The third-order valence-corrected chi connectivity index (χ3v) is 6.58. The first-order valence-electron chi connectivity index (χ1n) is 9.71. The zero-order chi connectivity index (χ0) is 20.8. The van der Waals surface area contributed by atoms with Crippen LogP contribution in [0.25, 0.3) is 5.57 Å². The van der Waals surface area contributed by atoms with Crippen molar-refractivity contribution >= 4 is 34.2 Å². The standard InChI is InChI=1S/C22H20N4O3S/c1-3-13-4-6-14(7-5-13)25-11-23-22-26(12-25)21(28)19(30-22)18-16-10-15(29-2)8-9-17(16)24-20(18)27/h4-10H,3,11-12H2,1-2H3,(H,24,27)/b19-18-. The summed E-state index contributed by atoms with van der Waals surface area (Å²) in [4.78, 5) is 33.2. The number of aryl methyl sites for hydroxylation is 1. The van der Waals surface area contributed by atoms with E-state index in [1.807, 2.05) is 4.90 Å². The van der Waals surface area contributed by atoms with Crippen molar-refractivity contribution < 1.29 is 9.53 Å². The molecule has 8 heteroatoms. The molecule has 0 saturated heterocycles. The average molecular weight is 420 g/mol. The number of benzene rings is 2. The van der Waals surface area contributed by atoms with Gasteiger partial charge in [-0.25, -0.2) is 4.99 Å². The van der Waals surface area contributed by atoms with Crippen LogP contribution in [0.2, 0.25) is 0 Å². The topological polar surface area (TPSA) is 75.9 Å². The molecule has 0 bridgehead atoms. The van der Waals surface area contributed by atoms with Gasteiger partial charge in [0.1, 0.15) is 23.6 Å². The molecule has 5 rings (SSSR count). The Morgan fingerprint density at radius 1 is 1.17 bits per heavy atom. The highest BCUT2D eigenvalue weighted by molar-refractivity contribution is 7.07. The van der Waals surface area contributed by atoms with Gasteiger partial charge in [0.05, 0.1) is 12.7 Å². The molecule has 0 aliphatic carbocycles. The summed E-state index contributed by atoms with van der Waals surface area (Å²) in [5, 5.41) is 2.84. The second-order valence-corrected chi connectivity index (χ2v) is 8.17. The zero-order valence-corrected chi connectivity index (χ0v) is 17.5. The number of fused-ring (bicyclic) bond motifs is 2. The second kappa shape index (κ2) is 7.14. The van der Waals surface area contributed by atoms with E-state index in [4.69, 9.17) is 4.74 Å². The number of hydrogen-bond donors (Lipinski definition) is 1. The number of methoxy groups -OCH3 is 1. The third-order valence-electron chi connectivity index (χ3n) is 5.46. The summed E-state index contributed by atoms with van der Waals surface area (Å²) in [6, 6.07) is 13.6. The smallest absolute Gasteiger partial charge is 0.272 e. The first-order valence-corrected chi connectivity index (χ1v) is 10.5. The van der Waals surface area contributed by atoms with Crippen molar-refractivity contribution in [2.45, 2.75) is 20.0 Å². The second-order valence-electron chi connectivity index (χ2n) is 7.19. The number of hydrogen-bond acceptors (Lipinski definition) is 6. The highest BCUT2D eigenvalue weighted by atomic mass is 32.1. The van der Waals surface area contributed by atoms with Gasteiger partial charge in [0, 0.05) is 16.9 Å². The van der Waals surface area contributed by atoms with Gasteiger partial charge in [0.2, 0.25) is 0 Å². The summed E-state index contributed by atoms with van der Waals surface area (Å²) in [7, 11) is 1.57. The number of amides is 1. The van der Waals surface area contributed by atoms with E-state index in [1.165, 1.54) is 16.9 Å². The molecule has 0 fully saturated rings. The minimum Gasteiger partial charge on any atom is -0.497 e. The number of nitrogens with one attached hydrogen (secondary N) is 1. The van der Waals surface area contributed by atoms with E-state index in [2.05, 4.69) is 41.5 Å². The van der Waals surface area contributed by atoms with Gasteiger partial charge < -0.3 is 15.0 Å². The Balaban J connectivity index is 1.60. The molecule has 7 nitrogen and oxygen atoms in total. The Bertz CT molecular complexity index is 1340. The largest absolute Gasteiger partial charge is 0.497 e. The van der Waals surface area contributed by atoms with Gasteiger partial charge in [0.25, 0.3) is 11.5 Å². The number of carbonyl (C=O) groups is 1. The fourth-order valence-corrected chi connectivity index (χ4v) is 4.82. The van der Waals surface area contributed by atoms with Crippen LogP contribution in [0.1, 0.15) is 18.1 Å². The summed E-state index contributed by atoms with van der Waals surface area (Å²) in [6.07, 6.45) is 0.981. The van der Waals surface area contributed by atoms with Crippen LogP contribution in [0.3, 0.4) is 0 Å². The molecule has 0 spiro atoms. The molecule has 0 unspecified atom stereocenters. The van der Waals surface area contributed by atoms with Gasteiger partial charge >= 0.3 is 0 Å². The summed E-state index contributed by atoms with van der Waals surface area (Å²) >= 11 is 1.26. The predicted molar refractivity (Wildman–Crippen MR) is 117 cm³/mol. The first kappa shape index (κ1) is 18.6. The van der Waals surface area contributed by atoms with E-state index in [-0.39, 0.29) is 11.5 Å². The highest BCUT2D eigenvalue weighted by Gasteiger charge is 2.28. The van der Waals surface area contributed by atoms with Crippen LogP contribution in [-0.2, 0) is 17.9 Å². The highest BCUT2D eigenvalue weighted by Crippen LogP contribution is 2.33. The molecule has 152 valence electrons. The van der Waals surface area contributed by atoms with Crippen molar-refractivity contribution in [1.82, 2.24) is 4.57 Å². The van der Waals surface area contributed by atoms with E-state index in [9.17, 15) is 9.59 Å². The summed E-state index contributed by atoms with van der Waals surface area (Å²) in [5.41, 5.74) is 3.83. The quantitative estimate of drug-likeness (QED) is 0.700. The number of nitrogens with zero attached hydrogens (tertiary/aromatic N) is 3. The molecule has 30 heavy (non-hydrogen) atoms. The average Bonchev–Trinajstić information content (AvgIpc) is 3.28. The van der Waals surface area contributed by atoms with Crippen molar-refractivity contribution in [3.8, 4) is 5.75 Å². The molecular weight excluding hydrogens is 400 g/mol. The summed E-state index contributed by atoms with van der Waals surface area (Å²) < 4.78 is 7.33. The van der Waals surface area contributed by atoms with Gasteiger partial charge in [0.15, 0.2) is 4.80 Å². The molecule has 3 heterocycles. The molecule has 2 aliphatic rings. The van der Waals surface area contributed by atoms with Gasteiger partial charge in [-0.3, -0.25) is 14.2 Å². The van der Waals surface area contributed by atoms with Crippen LogP contribution in [0.5, 0.6) is 5.75 Å². The Hall–Kier alpha value is -3.39. The van der Waals surface area contributed by atoms with E-state index < -0.39 is 0 Å². The number of carbonyl (C=O) groups excluding carboxylic acids is 1. The lowest BCUT2D eigenvalue weighted by molar-refractivity contribution is -0.110. The van der Waals surface area contributed by atoms with Crippen molar-refractivity contribution in [3.63, 3.8) is 0 Å². The lowest BCUT2D eigenvalue weighted by atomic mass is 10.1. The minimum absolute atomic E-state index is 0.200. The lowest BCUT2D eigenvalue weighted by Gasteiger charge is -2.25. The molecule has 1 aromatic heterocycles. The molecular formula is C22H20N4O3S. The van der Waals surface area contributed by atoms with E-state index >= 15 is 0 Å². The first-order chi connectivity index (χ1) is 14.6. The van der Waals surface area contributed by atoms with E-state index in [0.29, 0.717) is 45.2 Å². The molecule has 0 saturated carbocycles. The maximum atomic E-state index is 13.2. The fraction of sp³-hybridized carbons (Fsp3) is 0.227. The van der Waals surface area contributed by atoms with Gasteiger partial charge in [-0.15, -0.1) is 0 Å². The zero-order valence-electron chi connectivity index (χ0n) is 16.6. The Morgan fingerprint density at radius 3 is 2.70 bits per heavy atom. The van der Waals surface area contributed by atoms with Crippen LogP contribution < -0.4 is 29.8 Å². The van der Waals surface area contributed by atoms with Gasteiger partial charge in [-0.1, -0.05) is 30.4 Å². The van der Waals surface area contributed by atoms with Crippen molar-refractivity contribution in [2.24, 2.45) is 4.99 Å². The molecule has 0 radical (unpaired) electrons. The number of anilines is 2. The minimum atomic E-state index is -0.276. The molecule has 2 aliphatic heterocycles. The predicted octanol–water partition coefficient (Wildman–Crippen LogP) is 1.69. The van der Waals surface area contributed by atoms with E-state index in [0.717, 1.165) is 12.1 Å². The number of thiazole rings is 1. The normalized spacial score (nSPS) is 16.6. The van der Waals surface area contributed by atoms with Crippen LogP contribution in [0.4, 0.5) is 11.4 Å². The van der Waals surface area contributed by atoms with Gasteiger partial charge in [-0.05, 0) is 42.3 Å². The number of rotatable bonds is 3. The SMILES string of the molecule is CCc1ccc(N2CN=c3s/c(=C4\C(=O)Nc5ccc(OC)cc54)c(=O)n3C2)cc1. The lowest BCUT2D eigenvalue weighted by Crippen LogP contribution is -2.43. The third kappa shape index (κ3) is 2.91. The molecule has 1 N–H and O–H groups in total. The fourth-order valence-electron chi connectivity index (χ4n) is 3.77. The summed E-state index contributed by atoms with van der Waals surface area (Å²) in [5.74, 6) is 0.358. The van der Waals surface area contributed by atoms with Crippen LogP contribution in [0.15, 0.2) is 52.3 Å². The maximum absolute atomic E-state index is 13.2. The number of aromatic nitrogens is 1. The maximum Gasteiger partial charge on any atom is 0.272 e. The Morgan fingerprint density at radius 2 is 1.97 bits per heavy atom. The van der Waals surface area contributed by atoms with E-state index in [1.54, 1.807) is 29.9 Å². The van der Waals surface area contributed by atoms with Crippen molar-refractivity contribution in [2.75, 3.05) is 24.0 Å². The van der Waals surface area contributed by atoms with Crippen molar-refractivity contribution in [3.05, 3.63) is 73.3 Å². The summed E-state index contributed by atoms with van der Waals surface area (Å²) in [6.45, 7) is 2.99.